The number of nitrogens with one attached hydrogen (secondary N) is 1. The van der Waals surface area contributed by atoms with Gasteiger partial charge in [-0.15, -0.1) is 0 Å². The number of rotatable bonds is 0. The van der Waals surface area contributed by atoms with Gasteiger partial charge in [-0.05, 0) is 0 Å². The zero-order valence-electron chi connectivity index (χ0n) is 4.89. The van der Waals surface area contributed by atoms with E-state index in [4.69, 9.17) is 23.1 Å². The lowest BCUT2D eigenvalue weighted by Gasteiger charge is -1.95. The Labute approximate surface area is 61.0 Å². The van der Waals surface area contributed by atoms with Gasteiger partial charge < -0.3 is 11.5 Å². The average molecular weight is 161 g/mol. The highest BCUT2D eigenvalue weighted by molar-refractivity contribution is 6.31. The fourth-order valence-corrected chi connectivity index (χ4v) is 0.648. The first-order valence-corrected chi connectivity index (χ1v) is 2.80. The first-order valence-electron chi connectivity index (χ1n) is 2.42. The van der Waals surface area contributed by atoms with Crippen LogP contribution in [-0.4, -0.2) is 9.97 Å². The van der Waals surface area contributed by atoms with Gasteiger partial charge in [-0.2, -0.15) is 0 Å². The van der Waals surface area contributed by atoms with Crippen LogP contribution in [0.3, 0.4) is 0 Å². The molecule has 0 aromatic carbocycles. The average Bonchev–Trinajstić information content (AvgIpc) is 1.82. The van der Waals surface area contributed by atoms with E-state index in [2.05, 4.69) is 9.97 Å². The van der Waals surface area contributed by atoms with Crippen LogP contribution in [0.25, 0.3) is 0 Å². The largest absolute Gasteiger partial charge is 0.392 e. The highest BCUT2D eigenvalue weighted by atomic mass is 35.5. The zero-order chi connectivity index (χ0) is 7.72. The lowest BCUT2D eigenvalue weighted by molar-refractivity contribution is 1.14. The molecule has 0 aliphatic carbocycles. The van der Waals surface area contributed by atoms with Crippen molar-refractivity contribution >= 4 is 23.2 Å². The molecule has 10 heavy (non-hydrogen) atoms. The number of aromatic nitrogens is 2. The molecule has 0 saturated heterocycles. The Morgan fingerprint density at radius 1 is 1.50 bits per heavy atom. The topological polar surface area (TPSA) is 97.8 Å². The molecule has 0 atom stereocenters. The molecule has 0 fully saturated rings. The van der Waals surface area contributed by atoms with Crippen LogP contribution in [0.2, 0.25) is 5.15 Å². The van der Waals surface area contributed by atoms with Gasteiger partial charge in [0.05, 0.1) is 0 Å². The Bertz CT molecular complexity index is 307. The predicted octanol–water partition coefficient (Wildman–Crippen LogP) is -0.412. The summed E-state index contributed by atoms with van der Waals surface area (Å²) < 4.78 is 0. The van der Waals surface area contributed by atoms with Gasteiger partial charge in [-0.1, -0.05) is 11.6 Å². The fraction of sp³-hybridized carbons (Fsp3) is 0. The summed E-state index contributed by atoms with van der Waals surface area (Å²) in [4.78, 5) is 16.4. The van der Waals surface area contributed by atoms with Gasteiger partial charge in [0.1, 0.15) is 5.69 Å². The molecule has 54 valence electrons. The highest BCUT2D eigenvalue weighted by Crippen LogP contribution is 2.08. The minimum Gasteiger partial charge on any atom is -0.392 e. The van der Waals surface area contributed by atoms with Crippen LogP contribution in [0.1, 0.15) is 0 Å². The molecule has 0 radical (unpaired) electrons. The van der Waals surface area contributed by atoms with Gasteiger partial charge in [0.15, 0.2) is 5.15 Å². The van der Waals surface area contributed by atoms with Gasteiger partial charge in [0.2, 0.25) is 5.95 Å². The molecule has 0 aliphatic heterocycles. The van der Waals surface area contributed by atoms with Gasteiger partial charge in [0.25, 0.3) is 5.56 Å². The highest BCUT2D eigenvalue weighted by Gasteiger charge is 2.01. The van der Waals surface area contributed by atoms with E-state index < -0.39 is 5.56 Å². The number of nitrogens with two attached hydrogens (primary N) is 2. The number of nitrogens with zero attached hydrogens (tertiary/aromatic N) is 1. The summed E-state index contributed by atoms with van der Waals surface area (Å²) in [5.74, 6) is -0.0378. The summed E-state index contributed by atoms with van der Waals surface area (Å²) in [5, 5.41) is -0.0683. The van der Waals surface area contributed by atoms with Crippen molar-refractivity contribution in [1.82, 2.24) is 9.97 Å². The van der Waals surface area contributed by atoms with Crippen molar-refractivity contribution in [3.05, 3.63) is 15.5 Å². The van der Waals surface area contributed by atoms with Crippen molar-refractivity contribution in [2.45, 2.75) is 0 Å². The Balaban J connectivity index is 3.46. The number of nitrogen functional groups attached to an aromatic ring is 2. The van der Waals surface area contributed by atoms with Crippen molar-refractivity contribution in [2.24, 2.45) is 0 Å². The molecular weight excluding hydrogens is 156 g/mol. The minimum atomic E-state index is -0.516. The maximum Gasteiger partial charge on any atom is 0.277 e. The van der Waals surface area contributed by atoms with Crippen molar-refractivity contribution in [2.75, 3.05) is 11.5 Å². The second-order valence-electron chi connectivity index (χ2n) is 1.66. The van der Waals surface area contributed by atoms with Crippen LogP contribution < -0.4 is 17.0 Å². The molecule has 1 aromatic heterocycles. The van der Waals surface area contributed by atoms with E-state index in [-0.39, 0.29) is 16.8 Å². The monoisotopic (exact) mass is 160 g/mol. The van der Waals surface area contributed by atoms with Crippen molar-refractivity contribution in [3.8, 4) is 0 Å². The Hall–Kier alpha value is -1.23. The van der Waals surface area contributed by atoms with Gasteiger partial charge in [0, 0.05) is 0 Å². The number of hydrogen-bond acceptors (Lipinski definition) is 4. The minimum absolute atomic E-state index is 0.0378. The predicted molar refractivity (Wildman–Crippen MR) is 38.7 cm³/mol. The third-order valence-electron chi connectivity index (χ3n) is 0.927. The lowest BCUT2D eigenvalue weighted by atomic mass is 10.5. The molecule has 0 unspecified atom stereocenters. The normalized spacial score (nSPS) is 9.70. The summed E-state index contributed by atoms with van der Waals surface area (Å²) in [5.41, 5.74) is 9.65. The van der Waals surface area contributed by atoms with Crippen LogP contribution in [0.15, 0.2) is 4.79 Å². The Morgan fingerprint density at radius 2 is 2.10 bits per heavy atom. The number of anilines is 2. The molecule has 1 heterocycles. The maximum atomic E-state index is 10.7. The second-order valence-corrected chi connectivity index (χ2v) is 2.01. The summed E-state index contributed by atoms with van der Waals surface area (Å²) >= 11 is 5.38. The molecule has 0 spiro atoms. The van der Waals surface area contributed by atoms with Crippen LogP contribution in [0.5, 0.6) is 0 Å². The van der Waals surface area contributed by atoms with Gasteiger partial charge in [-0.25, -0.2) is 4.98 Å². The van der Waals surface area contributed by atoms with Crippen molar-refractivity contribution < 1.29 is 0 Å². The molecule has 0 bridgehead atoms. The number of H-pyrrole nitrogens is 1. The van der Waals surface area contributed by atoms with Gasteiger partial charge >= 0.3 is 0 Å². The molecule has 0 aliphatic rings. The number of halogens is 1. The van der Waals surface area contributed by atoms with E-state index in [0.717, 1.165) is 0 Å². The molecule has 6 heteroatoms. The first-order chi connectivity index (χ1) is 4.61. The molecule has 1 rings (SSSR count). The van der Waals surface area contributed by atoms with Crippen LogP contribution in [0.4, 0.5) is 11.6 Å². The molecule has 1 aromatic rings. The standard InChI is InChI=1S/C4H5ClN4O/c5-2-1(6)3(10)9-4(7)8-2/h6H2,(H3,7,8,9,10). The first kappa shape index (κ1) is 6.88. The van der Waals surface area contributed by atoms with E-state index in [1.165, 1.54) is 0 Å². The van der Waals surface area contributed by atoms with Gasteiger partial charge in [-0.3, -0.25) is 9.78 Å². The third kappa shape index (κ3) is 1.03. The van der Waals surface area contributed by atoms with E-state index in [1.807, 2.05) is 0 Å². The fourth-order valence-electron chi connectivity index (χ4n) is 0.471. The van der Waals surface area contributed by atoms with Crippen LogP contribution >= 0.6 is 11.6 Å². The summed E-state index contributed by atoms with van der Waals surface area (Å²) in [7, 11) is 0. The summed E-state index contributed by atoms with van der Waals surface area (Å²) in [6, 6.07) is 0. The quantitative estimate of drug-likeness (QED) is 0.450. The molecule has 5 nitrogen and oxygen atoms in total. The van der Waals surface area contributed by atoms with E-state index >= 15 is 0 Å². The molecule has 0 amide bonds. The Kier molecular flexibility index (Phi) is 1.50. The summed E-state index contributed by atoms with van der Waals surface area (Å²) in [6.45, 7) is 0. The maximum absolute atomic E-state index is 10.7. The van der Waals surface area contributed by atoms with Crippen molar-refractivity contribution in [1.29, 1.82) is 0 Å². The zero-order valence-corrected chi connectivity index (χ0v) is 5.64. The summed E-state index contributed by atoms with van der Waals surface area (Å²) in [6.07, 6.45) is 0. The number of aromatic amines is 1. The van der Waals surface area contributed by atoms with E-state index in [0.29, 0.717) is 0 Å². The van der Waals surface area contributed by atoms with Crippen molar-refractivity contribution in [3.63, 3.8) is 0 Å². The smallest absolute Gasteiger partial charge is 0.277 e. The van der Waals surface area contributed by atoms with Crippen LogP contribution in [-0.2, 0) is 0 Å². The Morgan fingerprint density at radius 3 is 2.60 bits per heavy atom. The second kappa shape index (κ2) is 2.18. The lowest BCUT2D eigenvalue weighted by Crippen LogP contribution is -2.15. The molecular formula is C4H5ClN4O. The van der Waals surface area contributed by atoms with Crippen LogP contribution in [0, 0.1) is 0 Å². The van der Waals surface area contributed by atoms with E-state index in [9.17, 15) is 4.79 Å². The number of hydrogen-bond donors (Lipinski definition) is 3. The molecule has 0 saturated carbocycles. The molecule has 5 N–H and O–H groups in total. The third-order valence-corrected chi connectivity index (χ3v) is 1.22. The SMILES string of the molecule is Nc1nc(Cl)c(N)c(=O)[nH]1. The van der Waals surface area contributed by atoms with E-state index in [1.54, 1.807) is 0 Å².